The fraction of sp³-hybridized carbons (Fsp3) is 0.417. The molecule has 1 rings (SSSR count). The highest BCUT2D eigenvalue weighted by Gasteiger charge is 2.28. The molecule has 1 aromatic rings. The van der Waals surface area contributed by atoms with Crippen LogP contribution in [0.2, 0.25) is 5.02 Å². The molecule has 0 saturated carbocycles. The molecule has 106 valence electrons. The van der Waals surface area contributed by atoms with E-state index >= 15 is 0 Å². The van der Waals surface area contributed by atoms with Crippen molar-refractivity contribution in [2.45, 2.75) is 26.1 Å². The van der Waals surface area contributed by atoms with E-state index in [4.69, 9.17) is 11.6 Å². The first-order valence-electron chi connectivity index (χ1n) is 5.56. The summed E-state index contributed by atoms with van der Waals surface area (Å²) in [5, 5.41) is 5.12. The number of hydrogen-bond acceptors (Lipinski definition) is 2. The van der Waals surface area contributed by atoms with E-state index in [1.807, 2.05) is 5.32 Å². The number of carbonyl (C=O) groups excluding carboxylic acids is 1. The second kappa shape index (κ2) is 6.14. The maximum Gasteiger partial charge on any atom is 0.405 e. The van der Waals surface area contributed by atoms with Gasteiger partial charge in [0.05, 0.1) is 0 Å². The van der Waals surface area contributed by atoms with Gasteiger partial charge >= 0.3 is 6.18 Å². The molecular formula is C12H14ClF3N2O. The lowest BCUT2D eigenvalue weighted by molar-refractivity contribution is -0.138. The third-order valence-electron chi connectivity index (χ3n) is 2.43. The summed E-state index contributed by atoms with van der Waals surface area (Å²) in [6.07, 6.45) is -4.42. The van der Waals surface area contributed by atoms with Gasteiger partial charge in [-0.1, -0.05) is 17.7 Å². The van der Waals surface area contributed by atoms with E-state index in [1.165, 1.54) is 6.92 Å². The van der Waals surface area contributed by atoms with Crippen LogP contribution < -0.4 is 10.6 Å². The summed E-state index contributed by atoms with van der Waals surface area (Å²) >= 11 is 5.81. The predicted molar refractivity (Wildman–Crippen MR) is 68.3 cm³/mol. The first kappa shape index (κ1) is 15.6. The third kappa shape index (κ3) is 5.38. The Bertz CT molecular complexity index is 463. The minimum absolute atomic E-state index is 0.482. The van der Waals surface area contributed by atoms with E-state index in [2.05, 4.69) is 5.32 Å². The summed E-state index contributed by atoms with van der Waals surface area (Å²) in [5.41, 5.74) is 1.46. The van der Waals surface area contributed by atoms with Gasteiger partial charge in [-0.25, -0.2) is 0 Å². The number of halogens is 4. The number of anilines is 1. The normalized spacial score (nSPS) is 12.9. The molecule has 0 aliphatic rings. The Labute approximate surface area is 114 Å². The molecular weight excluding hydrogens is 281 g/mol. The van der Waals surface area contributed by atoms with Crippen molar-refractivity contribution >= 4 is 23.2 Å². The Hall–Kier alpha value is -1.43. The zero-order chi connectivity index (χ0) is 14.6. The van der Waals surface area contributed by atoms with E-state index in [0.717, 1.165) is 5.56 Å². The molecule has 0 fully saturated rings. The number of hydrogen-bond donors (Lipinski definition) is 2. The van der Waals surface area contributed by atoms with Gasteiger partial charge in [0.15, 0.2) is 0 Å². The van der Waals surface area contributed by atoms with Crippen LogP contribution in [-0.2, 0) is 4.79 Å². The first-order chi connectivity index (χ1) is 8.69. The molecule has 0 heterocycles. The first-order valence-corrected chi connectivity index (χ1v) is 5.94. The summed E-state index contributed by atoms with van der Waals surface area (Å²) < 4.78 is 35.9. The maximum atomic E-state index is 12.0. The predicted octanol–water partition coefficient (Wildman–Crippen LogP) is 3.13. The van der Waals surface area contributed by atoms with Gasteiger partial charge in [-0.15, -0.1) is 0 Å². The van der Waals surface area contributed by atoms with E-state index < -0.39 is 24.7 Å². The Kier molecular flexibility index (Phi) is 5.05. The smallest absolute Gasteiger partial charge is 0.374 e. The van der Waals surface area contributed by atoms with Crippen molar-refractivity contribution in [2.24, 2.45) is 0 Å². The van der Waals surface area contributed by atoms with Gasteiger partial charge in [0.2, 0.25) is 5.91 Å². The largest absolute Gasteiger partial charge is 0.405 e. The number of benzene rings is 1. The lowest BCUT2D eigenvalue weighted by Gasteiger charge is -2.17. The van der Waals surface area contributed by atoms with Crippen molar-refractivity contribution in [3.63, 3.8) is 0 Å². The minimum Gasteiger partial charge on any atom is -0.374 e. The second-order valence-electron chi connectivity index (χ2n) is 4.16. The molecule has 0 bridgehead atoms. The van der Waals surface area contributed by atoms with E-state index in [0.29, 0.717) is 10.7 Å². The van der Waals surface area contributed by atoms with Crippen molar-refractivity contribution in [1.82, 2.24) is 5.32 Å². The number of nitrogens with one attached hydrogen (secondary N) is 2. The summed E-state index contributed by atoms with van der Waals surface area (Å²) in [6, 6.07) is 4.27. The van der Waals surface area contributed by atoms with Crippen LogP contribution in [0.5, 0.6) is 0 Å². The number of amides is 1. The molecule has 1 aromatic carbocycles. The average Bonchev–Trinajstić information content (AvgIpc) is 2.29. The molecule has 0 radical (unpaired) electrons. The molecule has 1 atom stereocenters. The van der Waals surface area contributed by atoms with Gasteiger partial charge in [0.25, 0.3) is 0 Å². The maximum absolute atomic E-state index is 12.0. The molecule has 19 heavy (non-hydrogen) atoms. The molecule has 1 amide bonds. The number of rotatable bonds is 4. The van der Waals surface area contributed by atoms with Gasteiger partial charge in [-0.2, -0.15) is 13.2 Å². The molecule has 3 nitrogen and oxygen atoms in total. The van der Waals surface area contributed by atoms with Gasteiger partial charge in [-0.3, -0.25) is 4.79 Å². The lowest BCUT2D eigenvalue weighted by Crippen LogP contribution is -2.42. The number of aryl methyl sites for hydroxylation is 1. The van der Waals surface area contributed by atoms with Crippen LogP contribution in [0.4, 0.5) is 18.9 Å². The Morgan fingerprint density at radius 1 is 1.42 bits per heavy atom. The SMILES string of the molecule is Cc1ccc(Cl)cc1NC(C)C(=O)NCC(F)(F)F. The Morgan fingerprint density at radius 3 is 2.63 bits per heavy atom. The highest BCUT2D eigenvalue weighted by atomic mass is 35.5. The fourth-order valence-electron chi connectivity index (χ4n) is 1.39. The van der Waals surface area contributed by atoms with E-state index in [9.17, 15) is 18.0 Å². The van der Waals surface area contributed by atoms with Crippen LogP contribution in [0.3, 0.4) is 0 Å². The average molecular weight is 295 g/mol. The van der Waals surface area contributed by atoms with Crippen molar-refractivity contribution in [3.05, 3.63) is 28.8 Å². The van der Waals surface area contributed by atoms with Crippen LogP contribution in [-0.4, -0.2) is 24.7 Å². The molecule has 2 N–H and O–H groups in total. The molecule has 1 unspecified atom stereocenters. The zero-order valence-corrected chi connectivity index (χ0v) is 11.2. The lowest BCUT2D eigenvalue weighted by atomic mass is 10.2. The highest BCUT2D eigenvalue weighted by molar-refractivity contribution is 6.30. The summed E-state index contributed by atoms with van der Waals surface area (Å²) in [7, 11) is 0. The van der Waals surface area contributed by atoms with Crippen LogP contribution in [0.15, 0.2) is 18.2 Å². The van der Waals surface area contributed by atoms with Crippen molar-refractivity contribution < 1.29 is 18.0 Å². The molecule has 0 saturated heterocycles. The van der Waals surface area contributed by atoms with Crippen LogP contribution in [0.1, 0.15) is 12.5 Å². The summed E-state index contributed by atoms with van der Waals surface area (Å²) in [6.45, 7) is 1.94. The van der Waals surface area contributed by atoms with Crippen LogP contribution in [0.25, 0.3) is 0 Å². The molecule has 0 aliphatic carbocycles. The Balaban J connectivity index is 2.61. The molecule has 0 aromatic heterocycles. The van der Waals surface area contributed by atoms with Gasteiger partial charge in [-0.05, 0) is 31.5 Å². The number of alkyl halides is 3. The quantitative estimate of drug-likeness (QED) is 0.896. The van der Waals surface area contributed by atoms with Crippen molar-refractivity contribution in [1.29, 1.82) is 0 Å². The fourth-order valence-corrected chi connectivity index (χ4v) is 1.56. The number of carbonyl (C=O) groups is 1. The standard InChI is InChI=1S/C12H14ClF3N2O/c1-7-3-4-9(13)5-10(7)18-8(2)11(19)17-6-12(14,15)16/h3-5,8,18H,6H2,1-2H3,(H,17,19). The molecule has 7 heteroatoms. The van der Waals surface area contributed by atoms with E-state index in [-0.39, 0.29) is 0 Å². The van der Waals surface area contributed by atoms with Crippen LogP contribution in [0, 0.1) is 6.92 Å². The minimum atomic E-state index is -4.42. The summed E-state index contributed by atoms with van der Waals surface area (Å²) in [4.78, 5) is 11.5. The summed E-state index contributed by atoms with van der Waals surface area (Å²) in [5.74, 6) is -0.725. The van der Waals surface area contributed by atoms with E-state index in [1.54, 1.807) is 25.1 Å². The van der Waals surface area contributed by atoms with Gasteiger partial charge in [0, 0.05) is 10.7 Å². The monoisotopic (exact) mass is 294 g/mol. The molecule has 0 spiro atoms. The van der Waals surface area contributed by atoms with Crippen molar-refractivity contribution in [3.8, 4) is 0 Å². The highest BCUT2D eigenvalue weighted by Crippen LogP contribution is 2.21. The van der Waals surface area contributed by atoms with Crippen molar-refractivity contribution in [2.75, 3.05) is 11.9 Å². The van der Waals surface area contributed by atoms with Gasteiger partial charge in [0.1, 0.15) is 12.6 Å². The Morgan fingerprint density at radius 2 is 2.05 bits per heavy atom. The van der Waals surface area contributed by atoms with Crippen LogP contribution >= 0.6 is 11.6 Å². The van der Waals surface area contributed by atoms with Gasteiger partial charge < -0.3 is 10.6 Å². The third-order valence-corrected chi connectivity index (χ3v) is 2.66. The zero-order valence-electron chi connectivity index (χ0n) is 10.4. The topological polar surface area (TPSA) is 41.1 Å². The molecule has 0 aliphatic heterocycles. The second-order valence-corrected chi connectivity index (χ2v) is 4.59.